The third-order valence-electron chi connectivity index (χ3n) is 2.57. The molecule has 1 heterocycles. The molecule has 0 aromatic heterocycles. The largest absolute Gasteiger partial charge is 0.313 e. The molecule has 0 aromatic carbocycles. The molecule has 2 nitrogen and oxygen atoms in total. The van der Waals surface area contributed by atoms with E-state index in [9.17, 15) is 0 Å². The first-order valence-corrected chi connectivity index (χ1v) is 6.98. The van der Waals surface area contributed by atoms with Crippen molar-refractivity contribution >= 4 is 11.8 Å². The van der Waals surface area contributed by atoms with Crippen molar-refractivity contribution in [3.8, 4) is 0 Å². The van der Waals surface area contributed by atoms with E-state index >= 15 is 0 Å². The molecule has 15 heavy (non-hydrogen) atoms. The molecule has 0 aliphatic carbocycles. The van der Waals surface area contributed by atoms with Crippen LogP contribution in [0, 0.1) is 0 Å². The number of hydrogen-bond acceptors (Lipinski definition) is 3. The van der Waals surface area contributed by atoms with Gasteiger partial charge >= 0.3 is 0 Å². The van der Waals surface area contributed by atoms with Crippen LogP contribution >= 0.6 is 11.8 Å². The maximum absolute atomic E-state index is 4.13. The van der Waals surface area contributed by atoms with Crippen LogP contribution in [0.2, 0.25) is 0 Å². The third-order valence-corrected chi connectivity index (χ3v) is 3.71. The highest BCUT2D eigenvalue weighted by Gasteiger charge is 2.16. The fourth-order valence-electron chi connectivity index (χ4n) is 1.85. The Kier molecular flexibility index (Phi) is 6.37. The Morgan fingerprint density at radius 1 is 1.60 bits per heavy atom. The van der Waals surface area contributed by atoms with Crippen LogP contribution in [-0.4, -0.2) is 48.6 Å². The second-order valence-electron chi connectivity index (χ2n) is 4.34. The third kappa shape index (κ3) is 5.59. The highest BCUT2D eigenvalue weighted by Crippen LogP contribution is 2.17. The Morgan fingerprint density at radius 2 is 2.40 bits per heavy atom. The van der Waals surface area contributed by atoms with Gasteiger partial charge in [0.15, 0.2) is 0 Å². The van der Waals surface area contributed by atoms with Crippen LogP contribution in [0.15, 0.2) is 12.2 Å². The molecule has 1 atom stereocenters. The van der Waals surface area contributed by atoms with Gasteiger partial charge in [-0.25, -0.2) is 0 Å². The van der Waals surface area contributed by atoms with E-state index in [2.05, 4.69) is 42.4 Å². The van der Waals surface area contributed by atoms with Crippen LogP contribution in [0.5, 0.6) is 0 Å². The van der Waals surface area contributed by atoms with E-state index in [1.807, 2.05) is 0 Å². The molecule has 1 fully saturated rings. The summed E-state index contributed by atoms with van der Waals surface area (Å²) in [5, 5.41) is 4.19. The minimum atomic E-state index is 0.787. The topological polar surface area (TPSA) is 15.3 Å². The minimum Gasteiger partial charge on any atom is -0.313 e. The molecular weight excluding hydrogens is 204 g/mol. The van der Waals surface area contributed by atoms with Crippen molar-refractivity contribution in [1.82, 2.24) is 10.2 Å². The summed E-state index contributed by atoms with van der Waals surface area (Å²) in [6.07, 6.45) is 1.20. The molecule has 0 bridgehead atoms. The predicted octanol–water partition coefficient (Wildman–Crippen LogP) is 1.98. The average Bonchev–Trinajstić information content (AvgIpc) is 2.18. The van der Waals surface area contributed by atoms with Crippen LogP contribution in [0.4, 0.5) is 0 Å². The maximum atomic E-state index is 4.13. The van der Waals surface area contributed by atoms with Gasteiger partial charge in [-0.05, 0) is 18.5 Å². The average molecular weight is 228 g/mol. The Morgan fingerprint density at radius 3 is 3.07 bits per heavy atom. The van der Waals surface area contributed by atoms with Gasteiger partial charge in [0.2, 0.25) is 0 Å². The first-order valence-electron chi connectivity index (χ1n) is 5.93. The molecule has 88 valence electrons. The van der Waals surface area contributed by atoms with E-state index in [0.717, 1.165) is 24.9 Å². The number of hydrogen-bond donors (Lipinski definition) is 1. The molecule has 1 aliphatic heterocycles. The standard InChI is InChI=1S/C12H24N2S/c1-4-5-13-8-11(2)9-14-6-7-15-12(3)10-14/h12-13H,2,4-10H2,1,3H3. The van der Waals surface area contributed by atoms with E-state index in [1.165, 1.54) is 30.8 Å². The normalized spacial score (nSPS) is 22.9. The SMILES string of the molecule is C=C(CNCCC)CN1CCSC(C)C1. The highest BCUT2D eigenvalue weighted by atomic mass is 32.2. The number of nitrogens with one attached hydrogen (secondary N) is 1. The number of nitrogens with zero attached hydrogens (tertiary/aromatic N) is 1. The first kappa shape index (κ1) is 13.1. The monoisotopic (exact) mass is 228 g/mol. The van der Waals surface area contributed by atoms with Gasteiger partial charge in [-0.1, -0.05) is 20.4 Å². The van der Waals surface area contributed by atoms with Crippen LogP contribution in [0.25, 0.3) is 0 Å². The van der Waals surface area contributed by atoms with Gasteiger partial charge in [0.1, 0.15) is 0 Å². The van der Waals surface area contributed by atoms with Crippen LogP contribution in [-0.2, 0) is 0 Å². The van der Waals surface area contributed by atoms with Gasteiger partial charge < -0.3 is 5.32 Å². The molecule has 0 radical (unpaired) electrons. The van der Waals surface area contributed by atoms with Crippen molar-refractivity contribution in [2.45, 2.75) is 25.5 Å². The van der Waals surface area contributed by atoms with Gasteiger partial charge in [0.05, 0.1) is 0 Å². The van der Waals surface area contributed by atoms with E-state index < -0.39 is 0 Å². The first-order chi connectivity index (χ1) is 7.22. The second-order valence-corrected chi connectivity index (χ2v) is 5.89. The summed E-state index contributed by atoms with van der Waals surface area (Å²) in [5.74, 6) is 1.27. The molecule has 0 aromatic rings. The van der Waals surface area contributed by atoms with Crippen LogP contribution in [0.3, 0.4) is 0 Å². The Balaban J connectivity index is 2.13. The lowest BCUT2D eigenvalue weighted by Gasteiger charge is -2.31. The molecule has 0 amide bonds. The van der Waals surface area contributed by atoms with Crippen molar-refractivity contribution in [2.75, 3.05) is 38.5 Å². The summed E-state index contributed by atoms with van der Waals surface area (Å²) in [5.41, 5.74) is 1.32. The molecule has 1 unspecified atom stereocenters. The minimum absolute atomic E-state index is 0.787. The summed E-state index contributed by atoms with van der Waals surface area (Å²) in [6, 6.07) is 0. The molecule has 0 saturated carbocycles. The van der Waals surface area contributed by atoms with Gasteiger partial charge in [-0.15, -0.1) is 0 Å². The van der Waals surface area contributed by atoms with Crippen LogP contribution < -0.4 is 5.32 Å². The fraction of sp³-hybridized carbons (Fsp3) is 0.833. The van der Waals surface area contributed by atoms with Gasteiger partial charge in [-0.3, -0.25) is 4.90 Å². The zero-order valence-corrected chi connectivity index (χ0v) is 10.9. The lowest BCUT2D eigenvalue weighted by atomic mass is 10.2. The number of rotatable bonds is 6. The summed E-state index contributed by atoms with van der Waals surface area (Å²) in [6.45, 7) is 14.2. The molecule has 3 heteroatoms. The lowest BCUT2D eigenvalue weighted by Crippen LogP contribution is -2.38. The van der Waals surface area contributed by atoms with Gasteiger partial charge in [0.25, 0.3) is 0 Å². The van der Waals surface area contributed by atoms with E-state index in [0.29, 0.717) is 0 Å². The Bertz CT molecular complexity index is 194. The molecule has 1 aliphatic rings. The maximum Gasteiger partial charge on any atom is 0.0203 e. The summed E-state index contributed by atoms with van der Waals surface area (Å²) in [7, 11) is 0. The van der Waals surface area contributed by atoms with Gasteiger partial charge in [0, 0.05) is 37.2 Å². The van der Waals surface area contributed by atoms with E-state index in [1.54, 1.807) is 0 Å². The predicted molar refractivity (Wildman–Crippen MR) is 70.7 cm³/mol. The molecule has 0 spiro atoms. The zero-order valence-electron chi connectivity index (χ0n) is 10.1. The van der Waals surface area contributed by atoms with E-state index in [4.69, 9.17) is 0 Å². The van der Waals surface area contributed by atoms with Gasteiger partial charge in [-0.2, -0.15) is 11.8 Å². The van der Waals surface area contributed by atoms with Crippen molar-refractivity contribution < 1.29 is 0 Å². The van der Waals surface area contributed by atoms with E-state index in [-0.39, 0.29) is 0 Å². The molecule has 1 N–H and O–H groups in total. The molecule has 1 rings (SSSR count). The molecular formula is C12H24N2S. The van der Waals surface area contributed by atoms with Crippen molar-refractivity contribution in [2.24, 2.45) is 0 Å². The summed E-state index contributed by atoms with van der Waals surface area (Å²) < 4.78 is 0. The van der Waals surface area contributed by atoms with Crippen molar-refractivity contribution in [1.29, 1.82) is 0 Å². The fourth-order valence-corrected chi connectivity index (χ4v) is 2.93. The quantitative estimate of drug-likeness (QED) is 0.553. The van der Waals surface area contributed by atoms with Crippen LogP contribution in [0.1, 0.15) is 20.3 Å². The summed E-state index contributed by atoms with van der Waals surface area (Å²) in [4.78, 5) is 2.52. The highest BCUT2D eigenvalue weighted by molar-refractivity contribution is 7.99. The summed E-state index contributed by atoms with van der Waals surface area (Å²) >= 11 is 2.08. The smallest absolute Gasteiger partial charge is 0.0203 e. The Hall–Kier alpha value is 0.0100. The molecule has 1 saturated heterocycles. The second kappa shape index (κ2) is 7.31. The lowest BCUT2D eigenvalue weighted by molar-refractivity contribution is 0.308. The van der Waals surface area contributed by atoms with Crippen molar-refractivity contribution in [3.05, 3.63) is 12.2 Å². The number of thioether (sulfide) groups is 1. The van der Waals surface area contributed by atoms with Crippen molar-refractivity contribution in [3.63, 3.8) is 0 Å². The Labute approximate surface area is 98.5 Å². The zero-order chi connectivity index (χ0) is 11.1.